The molecule has 2 aromatic heterocycles. The minimum Gasteiger partial charge on any atom is -0.463 e. The Labute approximate surface area is 82.3 Å². The highest BCUT2D eigenvalue weighted by atomic mass is 16.3. The Bertz CT molecular complexity index is 438. The molecule has 3 heteroatoms. The lowest BCUT2D eigenvalue weighted by molar-refractivity contribution is 0.572. The summed E-state index contributed by atoms with van der Waals surface area (Å²) >= 11 is 0. The fraction of sp³-hybridized carbons (Fsp3) is 0.364. The van der Waals surface area contributed by atoms with E-state index >= 15 is 0 Å². The van der Waals surface area contributed by atoms with E-state index < -0.39 is 0 Å². The molecule has 0 amide bonds. The van der Waals surface area contributed by atoms with Crippen LogP contribution in [0.25, 0.3) is 11.5 Å². The second-order valence-electron chi connectivity index (χ2n) is 3.82. The van der Waals surface area contributed by atoms with Gasteiger partial charge in [-0.05, 0) is 38.0 Å². The van der Waals surface area contributed by atoms with Crippen LogP contribution in [-0.2, 0) is 0 Å². The average Bonchev–Trinajstić information content (AvgIpc) is 2.75. The highest BCUT2D eigenvalue weighted by Gasteiger charge is 2.26. The zero-order valence-electron chi connectivity index (χ0n) is 8.10. The molecule has 72 valence electrons. The first-order valence-corrected chi connectivity index (χ1v) is 4.94. The van der Waals surface area contributed by atoms with Gasteiger partial charge in [0.05, 0.1) is 12.3 Å². The zero-order chi connectivity index (χ0) is 9.54. The van der Waals surface area contributed by atoms with Crippen molar-refractivity contribution in [2.24, 2.45) is 0 Å². The number of aryl methyl sites for hydroxylation is 1. The van der Waals surface area contributed by atoms with Crippen molar-refractivity contribution in [2.45, 2.75) is 25.8 Å². The van der Waals surface area contributed by atoms with E-state index in [2.05, 4.69) is 22.8 Å². The molecule has 3 rings (SSSR count). The van der Waals surface area contributed by atoms with E-state index in [1.54, 1.807) is 6.26 Å². The van der Waals surface area contributed by atoms with E-state index in [9.17, 15) is 0 Å². The third-order valence-electron chi connectivity index (χ3n) is 2.59. The number of aromatic nitrogens is 2. The van der Waals surface area contributed by atoms with Gasteiger partial charge in [0, 0.05) is 5.69 Å². The third kappa shape index (κ3) is 1.16. The van der Waals surface area contributed by atoms with Gasteiger partial charge < -0.3 is 4.42 Å². The predicted octanol–water partition coefficient (Wildman–Crippen LogP) is 2.79. The van der Waals surface area contributed by atoms with Crippen LogP contribution < -0.4 is 0 Å². The molecule has 0 atom stereocenters. The van der Waals surface area contributed by atoms with Crippen LogP contribution >= 0.6 is 0 Å². The minimum absolute atomic E-state index is 0.638. The van der Waals surface area contributed by atoms with Crippen LogP contribution in [0.2, 0.25) is 0 Å². The third-order valence-corrected chi connectivity index (χ3v) is 2.59. The van der Waals surface area contributed by atoms with Crippen molar-refractivity contribution in [1.29, 1.82) is 0 Å². The lowest BCUT2D eigenvalue weighted by Crippen LogP contribution is -1.98. The molecule has 0 aromatic carbocycles. The molecule has 0 radical (unpaired) electrons. The fourth-order valence-electron chi connectivity index (χ4n) is 1.72. The van der Waals surface area contributed by atoms with Crippen LogP contribution in [0.3, 0.4) is 0 Å². The zero-order valence-corrected chi connectivity index (χ0v) is 8.10. The fourth-order valence-corrected chi connectivity index (χ4v) is 1.72. The molecule has 3 nitrogen and oxygen atoms in total. The summed E-state index contributed by atoms with van der Waals surface area (Å²) < 4.78 is 7.42. The molecule has 0 N–H and O–H groups in total. The van der Waals surface area contributed by atoms with Gasteiger partial charge in [0.15, 0.2) is 5.76 Å². The van der Waals surface area contributed by atoms with Gasteiger partial charge in [0.25, 0.3) is 0 Å². The average molecular weight is 188 g/mol. The van der Waals surface area contributed by atoms with E-state index in [0.717, 1.165) is 11.5 Å². The number of nitrogens with zero attached hydrogens (tertiary/aromatic N) is 2. The van der Waals surface area contributed by atoms with Crippen LogP contribution in [0.1, 0.15) is 24.6 Å². The van der Waals surface area contributed by atoms with E-state index in [4.69, 9.17) is 4.42 Å². The first kappa shape index (κ1) is 7.85. The molecule has 2 heterocycles. The number of furan rings is 1. The van der Waals surface area contributed by atoms with E-state index in [1.165, 1.54) is 18.5 Å². The Hall–Kier alpha value is -1.51. The first-order chi connectivity index (χ1) is 6.84. The van der Waals surface area contributed by atoms with Crippen molar-refractivity contribution >= 4 is 0 Å². The SMILES string of the molecule is Cc1cc(-c2ccco2)nn1C1CC1. The van der Waals surface area contributed by atoms with Gasteiger partial charge in [0.1, 0.15) is 5.69 Å². The summed E-state index contributed by atoms with van der Waals surface area (Å²) in [5.41, 5.74) is 2.17. The van der Waals surface area contributed by atoms with Crippen molar-refractivity contribution in [3.63, 3.8) is 0 Å². The summed E-state index contributed by atoms with van der Waals surface area (Å²) in [6.07, 6.45) is 4.21. The summed E-state index contributed by atoms with van der Waals surface area (Å²) in [6, 6.07) is 6.55. The highest BCUT2D eigenvalue weighted by Crippen LogP contribution is 2.36. The number of rotatable bonds is 2. The quantitative estimate of drug-likeness (QED) is 0.725. The maximum absolute atomic E-state index is 5.31. The van der Waals surface area contributed by atoms with Gasteiger partial charge in [-0.1, -0.05) is 0 Å². The van der Waals surface area contributed by atoms with Crippen LogP contribution in [0.5, 0.6) is 0 Å². The molecule has 1 aliphatic rings. The van der Waals surface area contributed by atoms with E-state index in [-0.39, 0.29) is 0 Å². The smallest absolute Gasteiger partial charge is 0.154 e. The topological polar surface area (TPSA) is 31.0 Å². The van der Waals surface area contributed by atoms with Crippen LogP contribution in [0, 0.1) is 6.92 Å². The van der Waals surface area contributed by atoms with Gasteiger partial charge in [-0.2, -0.15) is 5.10 Å². The van der Waals surface area contributed by atoms with Crippen molar-refractivity contribution < 1.29 is 4.42 Å². The number of hydrogen-bond donors (Lipinski definition) is 0. The van der Waals surface area contributed by atoms with Gasteiger partial charge >= 0.3 is 0 Å². The van der Waals surface area contributed by atoms with Crippen molar-refractivity contribution in [1.82, 2.24) is 9.78 Å². The Morgan fingerprint density at radius 1 is 1.50 bits per heavy atom. The molecule has 14 heavy (non-hydrogen) atoms. The summed E-state index contributed by atoms with van der Waals surface area (Å²) in [5.74, 6) is 0.854. The van der Waals surface area contributed by atoms with E-state index in [0.29, 0.717) is 6.04 Å². The molecule has 0 bridgehead atoms. The van der Waals surface area contributed by atoms with Crippen molar-refractivity contribution in [2.75, 3.05) is 0 Å². The summed E-state index contributed by atoms with van der Waals surface area (Å²) in [4.78, 5) is 0. The molecule has 1 saturated carbocycles. The van der Waals surface area contributed by atoms with Gasteiger partial charge in [0.2, 0.25) is 0 Å². The van der Waals surface area contributed by atoms with Crippen LogP contribution in [0.4, 0.5) is 0 Å². The second-order valence-corrected chi connectivity index (χ2v) is 3.82. The normalized spacial score (nSPS) is 16.1. The lowest BCUT2D eigenvalue weighted by Gasteiger charge is -1.98. The van der Waals surface area contributed by atoms with Gasteiger partial charge in [-0.25, -0.2) is 0 Å². The Balaban J connectivity index is 2.03. The van der Waals surface area contributed by atoms with Crippen molar-refractivity contribution in [3.05, 3.63) is 30.2 Å². The lowest BCUT2D eigenvalue weighted by atomic mass is 10.3. The molecule has 0 aliphatic heterocycles. The number of hydrogen-bond acceptors (Lipinski definition) is 2. The van der Waals surface area contributed by atoms with Crippen LogP contribution in [0.15, 0.2) is 28.9 Å². The molecule has 1 fully saturated rings. The molecule has 0 unspecified atom stereocenters. The maximum atomic E-state index is 5.31. The molecule has 0 saturated heterocycles. The highest BCUT2D eigenvalue weighted by molar-refractivity contribution is 5.52. The molecular weight excluding hydrogens is 176 g/mol. The summed E-state index contributed by atoms with van der Waals surface area (Å²) in [5, 5.41) is 4.54. The van der Waals surface area contributed by atoms with E-state index in [1.807, 2.05) is 12.1 Å². The monoisotopic (exact) mass is 188 g/mol. The van der Waals surface area contributed by atoms with Crippen molar-refractivity contribution in [3.8, 4) is 11.5 Å². The Kier molecular flexibility index (Phi) is 1.54. The molecular formula is C11H12N2O. The first-order valence-electron chi connectivity index (χ1n) is 4.94. The standard InChI is InChI=1S/C11H12N2O/c1-8-7-10(11-3-2-6-14-11)12-13(8)9-4-5-9/h2-3,6-7,9H,4-5H2,1H3. The Morgan fingerprint density at radius 3 is 3.00 bits per heavy atom. The summed E-state index contributed by atoms with van der Waals surface area (Å²) in [6.45, 7) is 2.10. The molecule has 0 spiro atoms. The van der Waals surface area contributed by atoms with Gasteiger partial charge in [-0.15, -0.1) is 0 Å². The second kappa shape index (κ2) is 2.74. The largest absolute Gasteiger partial charge is 0.463 e. The van der Waals surface area contributed by atoms with Crippen LogP contribution in [-0.4, -0.2) is 9.78 Å². The Morgan fingerprint density at radius 2 is 2.36 bits per heavy atom. The maximum Gasteiger partial charge on any atom is 0.154 e. The molecule has 2 aromatic rings. The minimum atomic E-state index is 0.638. The van der Waals surface area contributed by atoms with Gasteiger partial charge in [-0.3, -0.25) is 4.68 Å². The predicted molar refractivity (Wildman–Crippen MR) is 52.9 cm³/mol. The summed E-state index contributed by atoms with van der Waals surface area (Å²) in [7, 11) is 0. The molecule has 1 aliphatic carbocycles.